The molecule has 26 heavy (non-hydrogen) atoms. The maximum atomic E-state index is 13.6. The molecule has 4 heteroatoms. The molecule has 0 radical (unpaired) electrons. The Morgan fingerprint density at radius 1 is 1.04 bits per heavy atom. The first-order valence-electron chi connectivity index (χ1n) is 10.3. The highest BCUT2D eigenvalue weighted by atomic mass is 35.5. The standard InChI is InChI=1S/C22H28ClNOS/c23-19-4-2-1-3-18(19)20-5-6-24(7-8-26-20)21(25)22-12-15-9-16(13-22)11-17(10-15)14-22/h1-4,15-17,20H,5-14H2/t15?,16?,17?,20-,22?/m1/s1. The van der Waals surface area contributed by atoms with Crippen molar-refractivity contribution >= 4 is 29.3 Å². The lowest BCUT2D eigenvalue weighted by Crippen LogP contribution is -2.54. The molecule has 140 valence electrons. The molecule has 6 rings (SSSR count). The van der Waals surface area contributed by atoms with E-state index < -0.39 is 0 Å². The van der Waals surface area contributed by atoms with Gasteiger partial charge in [0.05, 0.1) is 5.41 Å². The molecule has 4 bridgehead atoms. The second-order valence-electron chi connectivity index (χ2n) is 9.16. The van der Waals surface area contributed by atoms with Crippen molar-refractivity contribution in [3.05, 3.63) is 34.9 Å². The SMILES string of the molecule is O=C(N1CCS[C@@H](c2ccccc2Cl)CC1)C12CC3CC(CC(C3)C1)C2. The van der Waals surface area contributed by atoms with E-state index in [0.29, 0.717) is 11.2 Å². The van der Waals surface area contributed by atoms with Crippen LogP contribution >= 0.6 is 23.4 Å². The summed E-state index contributed by atoms with van der Waals surface area (Å²) >= 11 is 8.40. The Kier molecular flexibility index (Phi) is 4.52. The summed E-state index contributed by atoms with van der Waals surface area (Å²) < 4.78 is 0. The normalized spacial score (nSPS) is 39.0. The molecule has 0 aromatic heterocycles. The molecule has 5 aliphatic rings. The van der Waals surface area contributed by atoms with Gasteiger partial charge in [-0.3, -0.25) is 4.79 Å². The van der Waals surface area contributed by atoms with Crippen molar-refractivity contribution < 1.29 is 4.79 Å². The van der Waals surface area contributed by atoms with Crippen molar-refractivity contribution in [2.24, 2.45) is 23.2 Å². The molecule has 5 fully saturated rings. The van der Waals surface area contributed by atoms with Crippen LogP contribution in [0.5, 0.6) is 0 Å². The molecule has 1 atom stereocenters. The van der Waals surface area contributed by atoms with Gasteiger partial charge in [-0.25, -0.2) is 0 Å². The molecule has 0 N–H and O–H groups in total. The van der Waals surface area contributed by atoms with Crippen molar-refractivity contribution in [1.29, 1.82) is 0 Å². The topological polar surface area (TPSA) is 20.3 Å². The smallest absolute Gasteiger partial charge is 0.228 e. The summed E-state index contributed by atoms with van der Waals surface area (Å²) in [7, 11) is 0. The number of rotatable bonds is 2. The van der Waals surface area contributed by atoms with Gasteiger partial charge in [0, 0.05) is 29.1 Å². The zero-order valence-corrected chi connectivity index (χ0v) is 16.9. The average molecular weight is 390 g/mol. The van der Waals surface area contributed by atoms with E-state index in [-0.39, 0.29) is 5.41 Å². The van der Waals surface area contributed by atoms with Gasteiger partial charge in [-0.1, -0.05) is 29.8 Å². The molecular weight excluding hydrogens is 362 g/mol. The Hall–Kier alpha value is -0.670. The molecule has 4 saturated carbocycles. The van der Waals surface area contributed by atoms with Crippen molar-refractivity contribution in [3.8, 4) is 0 Å². The maximum Gasteiger partial charge on any atom is 0.228 e. The Bertz CT molecular complexity index is 670. The summed E-state index contributed by atoms with van der Waals surface area (Å²) in [5, 5.41) is 1.28. The average Bonchev–Trinajstić information content (AvgIpc) is 2.86. The number of halogens is 1. The largest absolute Gasteiger partial charge is 0.341 e. The van der Waals surface area contributed by atoms with E-state index in [4.69, 9.17) is 11.6 Å². The fourth-order valence-electron chi connectivity index (χ4n) is 6.67. The number of benzene rings is 1. The van der Waals surface area contributed by atoms with Crippen LogP contribution in [0.1, 0.15) is 55.8 Å². The monoisotopic (exact) mass is 389 g/mol. The van der Waals surface area contributed by atoms with E-state index in [1.165, 1.54) is 44.1 Å². The van der Waals surface area contributed by atoms with Gasteiger partial charge in [-0.2, -0.15) is 11.8 Å². The summed E-state index contributed by atoms with van der Waals surface area (Å²) in [6.07, 6.45) is 8.75. The quantitative estimate of drug-likeness (QED) is 0.659. The number of carbonyl (C=O) groups is 1. The first-order chi connectivity index (χ1) is 12.6. The second kappa shape index (κ2) is 6.74. The number of amides is 1. The number of nitrogens with zero attached hydrogens (tertiary/aromatic N) is 1. The molecule has 4 aliphatic carbocycles. The lowest BCUT2D eigenvalue weighted by molar-refractivity contribution is -0.157. The summed E-state index contributed by atoms with van der Waals surface area (Å²) in [6.45, 7) is 1.80. The molecule has 1 aromatic rings. The van der Waals surface area contributed by atoms with Gasteiger partial charge in [0.15, 0.2) is 0 Å². The molecule has 1 amide bonds. The fourth-order valence-corrected chi connectivity index (χ4v) is 8.27. The first-order valence-corrected chi connectivity index (χ1v) is 11.7. The minimum atomic E-state index is 0.00362. The highest BCUT2D eigenvalue weighted by Gasteiger charge is 2.55. The van der Waals surface area contributed by atoms with Crippen LogP contribution in [0.2, 0.25) is 5.02 Å². The number of hydrogen-bond acceptors (Lipinski definition) is 2. The molecule has 0 unspecified atom stereocenters. The molecule has 1 saturated heterocycles. The minimum Gasteiger partial charge on any atom is -0.341 e. The second-order valence-corrected chi connectivity index (χ2v) is 10.9. The minimum absolute atomic E-state index is 0.00362. The van der Waals surface area contributed by atoms with Crippen LogP contribution < -0.4 is 0 Å². The van der Waals surface area contributed by atoms with E-state index in [1.54, 1.807) is 0 Å². The van der Waals surface area contributed by atoms with Gasteiger partial charge >= 0.3 is 0 Å². The zero-order valence-electron chi connectivity index (χ0n) is 15.3. The maximum absolute atomic E-state index is 13.6. The summed E-state index contributed by atoms with van der Waals surface area (Å²) in [4.78, 5) is 15.8. The molecule has 0 spiro atoms. The van der Waals surface area contributed by atoms with Crippen LogP contribution in [0.15, 0.2) is 24.3 Å². The Morgan fingerprint density at radius 2 is 1.69 bits per heavy atom. The van der Waals surface area contributed by atoms with E-state index >= 15 is 0 Å². The van der Waals surface area contributed by atoms with E-state index in [9.17, 15) is 4.79 Å². The highest BCUT2D eigenvalue weighted by molar-refractivity contribution is 7.99. The van der Waals surface area contributed by atoms with Gasteiger partial charge in [0.1, 0.15) is 0 Å². The molecular formula is C22H28ClNOS. The van der Waals surface area contributed by atoms with Crippen LogP contribution in [0, 0.1) is 23.2 Å². The zero-order chi connectivity index (χ0) is 17.7. The summed E-state index contributed by atoms with van der Waals surface area (Å²) in [5.74, 6) is 4.03. The third-order valence-electron chi connectivity index (χ3n) is 7.37. The summed E-state index contributed by atoms with van der Waals surface area (Å²) in [6, 6.07) is 8.21. The van der Waals surface area contributed by atoms with Gasteiger partial charge in [0.25, 0.3) is 0 Å². The third-order valence-corrected chi connectivity index (χ3v) is 9.03. The van der Waals surface area contributed by atoms with Gasteiger partial charge in [0.2, 0.25) is 5.91 Å². The van der Waals surface area contributed by atoms with Crippen LogP contribution in [0.3, 0.4) is 0 Å². The van der Waals surface area contributed by atoms with Crippen LogP contribution in [0.4, 0.5) is 0 Å². The van der Waals surface area contributed by atoms with Crippen molar-refractivity contribution in [2.45, 2.75) is 50.2 Å². The number of hydrogen-bond donors (Lipinski definition) is 0. The van der Waals surface area contributed by atoms with Gasteiger partial charge in [-0.15, -0.1) is 0 Å². The molecule has 1 aliphatic heterocycles. The van der Waals surface area contributed by atoms with Crippen LogP contribution in [-0.2, 0) is 4.79 Å². The Balaban J connectivity index is 1.31. The molecule has 1 aromatic carbocycles. The van der Waals surface area contributed by atoms with Gasteiger partial charge in [-0.05, 0) is 74.3 Å². The number of thioether (sulfide) groups is 1. The van der Waals surface area contributed by atoms with Crippen molar-refractivity contribution in [1.82, 2.24) is 4.90 Å². The highest BCUT2D eigenvalue weighted by Crippen LogP contribution is 2.60. The lowest BCUT2D eigenvalue weighted by Gasteiger charge is -2.56. The fraction of sp³-hybridized carbons (Fsp3) is 0.682. The third kappa shape index (κ3) is 2.99. The Labute approximate surface area is 166 Å². The van der Waals surface area contributed by atoms with Crippen molar-refractivity contribution in [3.63, 3.8) is 0 Å². The van der Waals surface area contributed by atoms with Crippen LogP contribution in [0.25, 0.3) is 0 Å². The number of carbonyl (C=O) groups excluding carboxylic acids is 1. The summed E-state index contributed by atoms with van der Waals surface area (Å²) in [5.41, 5.74) is 1.24. The van der Waals surface area contributed by atoms with Crippen LogP contribution in [-0.4, -0.2) is 29.6 Å². The van der Waals surface area contributed by atoms with E-state index in [1.807, 2.05) is 23.9 Å². The van der Waals surface area contributed by atoms with E-state index in [0.717, 1.165) is 48.0 Å². The lowest BCUT2D eigenvalue weighted by atomic mass is 9.49. The Morgan fingerprint density at radius 3 is 2.35 bits per heavy atom. The first kappa shape index (κ1) is 17.4. The van der Waals surface area contributed by atoms with E-state index in [2.05, 4.69) is 17.0 Å². The predicted octanol–water partition coefficient (Wildman–Crippen LogP) is 5.56. The molecule has 2 nitrogen and oxygen atoms in total. The predicted molar refractivity (Wildman–Crippen MR) is 108 cm³/mol. The molecule has 1 heterocycles. The van der Waals surface area contributed by atoms with Crippen molar-refractivity contribution in [2.75, 3.05) is 18.8 Å². The van der Waals surface area contributed by atoms with Gasteiger partial charge < -0.3 is 4.90 Å².